The first-order chi connectivity index (χ1) is 18.7. The number of nitrogens with zero attached hydrogens (tertiary/aromatic N) is 1. The molecule has 6 nitrogen and oxygen atoms in total. The highest BCUT2D eigenvalue weighted by Crippen LogP contribution is 2.38. The quantitative estimate of drug-likeness (QED) is 0.216. The lowest BCUT2D eigenvalue weighted by Crippen LogP contribution is -2.58. The summed E-state index contributed by atoms with van der Waals surface area (Å²) >= 11 is 0. The second-order valence-electron chi connectivity index (χ2n) is 10.8. The number of aryl methyl sites for hydroxylation is 1. The zero-order chi connectivity index (χ0) is 29.3. The summed E-state index contributed by atoms with van der Waals surface area (Å²) in [5, 5.41) is 11.1. The van der Waals surface area contributed by atoms with Crippen LogP contribution in [-0.2, 0) is 25.6 Å². The van der Waals surface area contributed by atoms with Gasteiger partial charge in [-0.1, -0.05) is 36.4 Å². The number of hydrazine groups is 1. The van der Waals surface area contributed by atoms with Crippen LogP contribution in [-0.4, -0.2) is 33.1 Å². The molecule has 0 bridgehead atoms. The van der Waals surface area contributed by atoms with Crippen LogP contribution in [0, 0.1) is 5.82 Å². The van der Waals surface area contributed by atoms with E-state index < -0.39 is 40.6 Å². The van der Waals surface area contributed by atoms with E-state index in [0.29, 0.717) is 25.1 Å². The van der Waals surface area contributed by atoms with Crippen molar-refractivity contribution in [3.8, 4) is 0 Å². The number of hydrogen-bond donors (Lipinski definition) is 3. The number of rotatable bonds is 6. The van der Waals surface area contributed by atoms with E-state index in [-0.39, 0.29) is 11.1 Å². The van der Waals surface area contributed by atoms with Gasteiger partial charge in [-0.2, -0.15) is 13.2 Å². The van der Waals surface area contributed by atoms with Gasteiger partial charge in [0.15, 0.2) is 0 Å². The van der Waals surface area contributed by atoms with Crippen LogP contribution < -0.4 is 10.9 Å². The molecule has 40 heavy (non-hydrogen) atoms. The van der Waals surface area contributed by atoms with Gasteiger partial charge in [-0.25, -0.2) is 4.39 Å². The second-order valence-corrected chi connectivity index (χ2v) is 10.8. The maximum absolute atomic E-state index is 13.8. The molecule has 0 aliphatic heterocycles. The van der Waals surface area contributed by atoms with Crippen LogP contribution in [0.25, 0.3) is 0 Å². The highest BCUT2D eigenvalue weighted by atomic mass is 19.4. The Morgan fingerprint density at radius 1 is 0.925 bits per heavy atom. The van der Waals surface area contributed by atoms with Crippen molar-refractivity contribution < 1.29 is 32.3 Å². The third kappa shape index (κ3) is 6.51. The molecule has 4 rings (SSSR count). The van der Waals surface area contributed by atoms with Gasteiger partial charge in [0, 0.05) is 23.2 Å². The lowest BCUT2D eigenvalue weighted by Gasteiger charge is -2.50. The molecule has 0 aromatic heterocycles. The Labute approximate surface area is 230 Å². The summed E-state index contributed by atoms with van der Waals surface area (Å²) in [6.07, 6.45) is -2.79. The van der Waals surface area contributed by atoms with Crippen LogP contribution in [0.15, 0.2) is 66.7 Å². The molecule has 0 unspecified atom stereocenters. The van der Waals surface area contributed by atoms with E-state index in [9.17, 15) is 32.3 Å². The minimum absolute atomic E-state index is 0.264. The summed E-state index contributed by atoms with van der Waals surface area (Å²) in [6.45, 7) is 6.14. The number of carbonyl (C=O) groups is 2. The molecule has 212 valence electrons. The molecule has 1 aliphatic rings. The number of alkyl halides is 3. The summed E-state index contributed by atoms with van der Waals surface area (Å²) in [5.74, 6) is -3.19. The lowest BCUT2D eigenvalue weighted by atomic mass is 9.76. The monoisotopic (exact) mass is 557 g/mol. The lowest BCUT2D eigenvalue weighted by molar-refractivity contribution is -0.141. The summed E-state index contributed by atoms with van der Waals surface area (Å²) in [6, 6.07) is 16.8. The largest absolute Gasteiger partial charge is 0.419 e. The fraction of sp³-hybridized carbons (Fsp3) is 0.333. The third-order valence-electron chi connectivity index (χ3n) is 7.29. The number of nitrogens with one attached hydrogen (secondary N) is 2. The molecule has 0 fully saturated rings. The maximum atomic E-state index is 13.8. The van der Waals surface area contributed by atoms with Crippen molar-refractivity contribution in [3.05, 3.63) is 106 Å². The number of hydrogen-bond acceptors (Lipinski definition) is 4. The first kappa shape index (κ1) is 29.2. The predicted octanol–water partition coefficient (Wildman–Crippen LogP) is 5.40. The molecule has 0 saturated heterocycles. The minimum atomic E-state index is -4.89. The molecule has 3 aromatic carbocycles. The second kappa shape index (κ2) is 11.0. The zero-order valence-corrected chi connectivity index (χ0v) is 22.4. The highest BCUT2D eigenvalue weighted by molar-refractivity contribution is 5.99. The van der Waals surface area contributed by atoms with Crippen LogP contribution in [0.3, 0.4) is 0 Å². The van der Waals surface area contributed by atoms with Crippen molar-refractivity contribution in [2.75, 3.05) is 0 Å². The molecule has 0 radical (unpaired) electrons. The number of aliphatic hydroxyl groups is 1. The van der Waals surface area contributed by atoms with E-state index in [0.717, 1.165) is 35.6 Å². The molecule has 0 spiro atoms. The normalized spacial score (nSPS) is 17.3. The van der Waals surface area contributed by atoms with Gasteiger partial charge < -0.3 is 5.11 Å². The maximum Gasteiger partial charge on any atom is 0.419 e. The van der Waals surface area contributed by atoms with E-state index in [1.165, 1.54) is 0 Å². The summed E-state index contributed by atoms with van der Waals surface area (Å²) in [5.41, 5.74) is 4.29. The third-order valence-corrected chi connectivity index (χ3v) is 7.29. The minimum Gasteiger partial charge on any atom is -0.376 e. The van der Waals surface area contributed by atoms with Gasteiger partial charge in [-0.05, 0) is 87.1 Å². The fourth-order valence-electron chi connectivity index (χ4n) is 5.26. The molecular formula is C30H31F4N3O3. The molecule has 3 aromatic rings. The van der Waals surface area contributed by atoms with Crippen molar-refractivity contribution in [1.29, 1.82) is 0 Å². The van der Waals surface area contributed by atoms with Crippen LogP contribution >= 0.6 is 0 Å². The Balaban J connectivity index is 1.47. The Bertz CT molecular complexity index is 1400. The van der Waals surface area contributed by atoms with Gasteiger partial charge in [-0.3, -0.25) is 25.3 Å². The van der Waals surface area contributed by atoms with E-state index in [2.05, 4.69) is 22.7 Å². The molecule has 1 atom stereocenters. The standard InChI is InChI=1S/C30H31F4N3O3/c1-28(2,40)37(18-19-7-5-4-6-8-19)29(3)14-13-20-9-10-21(15-23(20)17-29)26(38)35-36-27(39)22-11-12-24(25(31)16-22)30(32,33)34/h4-12,15-16,40H,13-14,17-18H2,1-3H3,(H,35,38)(H,36,39)/t29-/m0/s1. The van der Waals surface area contributed by atoms with Crippen LogP contribution in [0.4, 0.5) is 17.6 Å². The van der Waals surface area contributed by atoms with Gasteiger partial charge in [-0.15, -0.1) is 0 Å². The highest BCUT2D eigenvalue weighted by Gasteiger charge is 2.42. The number of fused-ring (bicyclic) bond motifs is 1. The Morgan fingerprint density at radius 2 is 1.52 bits per heavy atom. The Hall–Kier alpha value is -3.76. The summed E-state index contributed by atoms with van der Waals surface area (Å²) < 4.78 is 52.2. The first-order valence-corrected chi connectivity index (χ1v) is 12.8. The van der Waals surface area contributed by atoms with Crippen molar-refractivity contribution in [3.63, 3.8) is 0 Å². The van der Waals surface area contributed by atoms with E-state index in [4.69, 9.17) is 0 Å². The summed E-state index contributed by atoms with van der Waals surface area (Å²) in [4.78, 5) is 27.2. The van der Waals surface area contributed by atoms with Gasteiger partial charge in [0.2, 0.25) is 0 Å². The first-order valence-electron chi connectivity index (χ1n) is 12.8. The average molecular weight is 558 g/mol. The van der Waals surface area contributed by atoms with Crippen molar-refractivity contribution in [1.82, 2.24) is 15.8 Å². The number of amides is 2. The number of carbonyl (C=O) groups excluding carboxylic acids is 2. The number of halogens is 4. The van der Waals surface area contributed by atoms with Gasteiger partial charge in [0.25, 0.3) is 11.8 Å². The van der Waals surface area contributed by atoms with Crippen molar-refractivity contribution >= 4 is 11.8 Å². The Kier molecular flexibility index (Phi) is 8.05. The molecule has 3 N–H and O–H groups in total. The molecule has 0 saturated carbocycles. The van der Waals surface area contributed by atoms with Crippen LogP contribution in [0.2, 0.25) is 0 Å². The van der Waals surface area contributed by atoms with E-state index >= 15 is 0 Å². The SMILES string of the molecule is CC(C)(O)N(Cc1ccccc1)[C@@]1(C)CCc2ccc(C(=O)NNC(=O)c3ccc(C(F)(F)F)c(F)c3)cc2C1. The smallest absolute Gasteiger partial charge is 0.376 e. The topological polar surface area (TPSA) is 81.7 Å². The zero-order valence-electron chi connectivity index (χ0n) is 22.4. The molecular weight excluding hydrogens is 526 g/mol. The van der Waals surface area contributed by atoms with Crippen molar-refractivity contribution in [2.45, 2.75) is 64.0 Å². The summed E-state index contributed by atoms with van der Waals surface area (Å²) in [7, 11) is 0. The molecule has 10 heteroatoms. The van der Waals surface area contributed by atoms with E-state index in [1.807, 2.05) is 36.4 Å². The number of benzene rings is 3. The van der Waals surface area contributed by atoms with Gasteiger partial charge in [0.1, 0.15) is 11.5 Å². The van der Waals surface area contributed by atoms with Crippen molar-refractivity contribution in [2.24, 2.45) is 0 Å². The van der Waals surface area contributed by atoms with E-state index in [1.54, 1.807) is 26.0 Å². The van der Waals surface area contributed by atoms with Gasteiger partial charge in [0.05, 0.1) is 5.56 Å². The average Bonchev–Trinajstić information content (AvgIpc) is 2.88. The Morgan fingerprint density at radius 3 is 2.10 bits per heavy atom. The molecule has 1 aliphatic carbocycles. The predicted molar refractivity (Wildman–Crippen MR) is 141 cm³/mol. The molecule has 2 amide bonds. The van der Waals surface area contributed by atoms with Crippen LogP contribution in [0.1, 0.15) is 70.2 Å². The van der Waals surface area contributed by atoms with Crippen LogP contribution in [0.5, 0.6) is 0 Å². The van der Waals surface area contributed by atoms with Gasteiger partial charge >= 0.3 is 6.18 Å². The fourth-order valence-corrected chi connectivity index (χ4v) is 5.26. The molecule has 0 heterocycles.